The Kier molecular flexibility index (Phi) is 4.51. The molecule has 0 saturated carbocycles. The van der Waals surface area contributed by atoms with Crippen molar-refractivity contribution < 1.29 is 18.7 Å². The van der Waals surface area contributed by atoms with Crippen molar-refractivity contribution >= 4 is 29.7 Å². The van der Waals surface area contributed by atoms with Crippen LogP contribution in [-0.4, -0.2) is 12.7 Å². The topological polar surface area (TPSA) is 86.7 Å². The summed E-state index contributed by atoms with van der Waals surface area (Å²) in [4.78, 5) is 12.2. The predicted octanol–water partition coefficient (Wildman–Crippen LogP) is 3.14. The highest BCUT2D eigenvalue weighted by Crippen LogP contribution is 2.38. The van der Waals surface area contributed by atoms with Crippen molar-refractivity contribution in [2.24, 2.45) is 0 Å². The number of aryl methyl sites for hydroxylation is 2. The standard InChI is InChI=1S/C15H16N2O4.ClH/c1-3-11-8(2)4-14(21-11)15(18)17-10-6-13-12(5-9(10)16)19-7-20-13;/h4-6H,3,7,16H2,1-2H3,(H,17,18);1H. The third-order valence-corrected chi connectivity index (χ3v) is 3.36. The van der Waals surface area contributed by atoms with Gasteiger partial charge in [0, 0.05) is 18.6 Å². The van der Waals surface area contributed by atoms with E-state index in [1.807, 2.05) is 13.8 Å². The number of nitrogen functional groups attached to an aromatic ring is 1. The van der Waals surface area contributed by atoms with Crippen LogP contribution in [0.15, 0.2) is 22.6 Å². The normalized spacial score (nSPS) is 11.9. The molecule has 1 amide bonds. The molecule has 0 spiro atoms. The zero-order chi connectivity index (χ0) is 15.0. The summed E-state index contributed by atoms with van der Waals surface area (Å²) in [5.41, 5.74) is 7.74. The number of fused-ring (bicyclic) bond motifs is 1. The van der Waals surface area contributed by atoms with Crippen LogP contribution in [0.25, 0.3) is 0 Å². The van der Waals surface area contributed by atoms with Crippen molar-refractivity contribution in [3.8, 4) is 11.5 Å². The Labute approximate surface area is 134 Å². The number of benzene rings is 1. The summed E-state index contributed by atoms with van der Waals surface area (Å²) in [5, 5.41) is 2.73. The summed E-state index contributed by atoms with van der Waals surface area (Å²) < 4.78 is 16.0. The number of furan rings is 1. The van der Waals surface area contributed by atoms with Crippen LogP contribution in [0.1, 0.15) is 28.8 Å². The minimum atomic E-state index is -0.344. The lowest BCUT2D eigenvalue weighted by molar-refractivity contribution is 0.0995. The zero-order valence-electron chi connectivity index (χ0n) is 12.3. The number of carbonyl (C=O) groups is 1. The maximum absolute atomic E-state index is 12.2. The Balaban J connectivity index is 0.00000176. The number of amides is 1. The number of anilines is 2. The maximum Gasteiger partial charge on any atom is 0.291 e. The van der Waals surface area contributed by atoms with Crippen molar-refractivity contribution in [2.75, 3.05) is 17.8 Å². The van der Waals surface area contributed by atoms with Crippen LogP contribution in [0, 0.1) is 6.92 Å². The molecule has 2 heterocycles. The van der Waals surface area contributed by atoms with Crippen molar-refractivity contribution in [1.29, 1.82) is 0 Å². The monoisotopic (exact) mass is 324 g/mol. The van der Waals surface area contributed by atoms with Gasteiger partial charge >= 0.3 is 0 Å². The van der Waals surface area contributed by atoms with Crippen LogP contribution in [0.4, 0.5) is 11.4 Å². The number of ether oxygens (including phenoxy) is 2. The number of nitrogens with one attached hydrogen (secondary N) is 1. The van der Waals surface area contributed by atoms with E-state index >= 15 is 0 Å². The molecule has 0 radical (unpaired) electrons. The number of halogens is 1. The molecule has 0 unspecified atom stereocenters. The molecule has 1 aliphatic rings. The number of nitrogens with two attached hydrogens (primary N) is 1. The average Bonchev–Trinajstić information content (AvgIpc) is 3.05. The fraction of sp³-hybridized carbons (Fsp3) is 0.267. The molecule has 2 aromatic rings. The van der Waals surface area contributed by atoms with Crippen LogP contribution in [-0.2, 0) is 6.42 Å². The highest BCUT2D eigenvalue weighted by molar-refractivity contribution is 6.04. The molecule has 0 fully saturated rings. The Morgan fingerprint density at radius 2 is 1.95 bits per heavy atom. The third kappa shape index (κ3) is 2.82. The van der Waals surface area contributed by atoms with Crippen LogP contribution in [0.5, 0.6) is 11.5 Å². The lowest BCUT2D eigenvalue weighted by atomic mass is 10.2. The van der Waals surface area contributed by atoms with Gasteiger partial charge in [0.25, 0.3) is 5.91 Å². The van der Waals surface area contributed by atoms with Gasteiger partial charge in [0.05, 0.1) is 11.4 Å². The molecule has 0 aliphatic carbocycles. The van der Waals surface area contributed by atoms with E-state index in [1.54, 1.807) is 18.2 Å². The van der Waals surface area contributed by atoms with E-state index in [0.29, 0.717) is 22.9 Å². The molecule has 1 aromatic carbocycles. The van der Waals surface area contributed by atoms with Gasteiger partial charge in [-0.05, 0) is 18.6 Å². The van der Waals surface area contributed by atoms with Gasteiger partial charge in [-0.2, -0.15) is 0 Å². The van der Waals surface area contributed by atoms with Crippen molar-refractivity contribution in [3.05, 3.63) is 35.3 Å². The molecule has 6 nitrogen and oxygen atoms in total. The van der Waals surface area contributed by atoms with Crippen LogP contribution in [0.2, 0.25) is 0 Å². The number of rotatable bonds is 3. The SMILES string of the molecule is CCc1oc(C(=O)Nc2cc3c(cc2N)OCO3)cc1C.Cl. The Bertz CT molecular complexity index is 712. The van der Waals surface area contributed by atoms with Crippen molar-refractivity contribution in [1.82, 2.24) is 0 Å². The minimum Gasteiger partial charge on any atom is -0.456 e. The van der Waals surface area contributed by atoms with Gasteiger partial charge < -0.3 is 24.9 Å². The fourth-order valence-corrected chi connectivity index (χ4v) is 2.23. The third-order valence-electron chi connectivity index (χ3n) is 3.36. The molecule has 118 valence electrons. The van der Waals surface area contributed by atoms with Gasteiger partial charge in [-0.3, -0.25) is 4.79 Å². The largest absolute Gasteiger partial charge is 0.456 e. The molecule has 3 N–H and O–H groups in total. The van der Waals surface area contributed by atoms with E-state index in [9.17, 15) is 4.79 Å². The first-order chi connectivity index (χ1) is 10.1. The first-order valence-electron chi connectivity index (χ1n) is 6.68. The Morgan fingerprint density at radius 3 is 2.59 bits per heavy atom. The number of hydrogen-bond acceptors (Lipinski definition) is 5. The molecule has 7 heteroatoms. The molecular weight excluding hydrogens is 308 g/mol. The van der Waals surface area contributed by atoms with Crippen molar-refractivity contribution in [3.63, 3.8) is 0 Å². The summed E-state index contributed by atoms with van der Waals surface area (Å²) in [6, 6.07) is 4.99. The van der Waals surface area contributed by atoms with E-state index < -0.39 is 0 Å². The Hall–Kier alpha value is -2.34. The van der Waals surface area contributed by atoms with Gasteiger partial charge in [-0.15, -0.1) is 12.4 Å². The van der Waals surface area contributed by atoms with Gasteiger partial charge in [-0.1, -0.05) is 6.92 Å². The quantitative estimate of drug-likeness (QED) is 0.847. The lowest BCUT2D eigenvalue weighted by Gasteiger charge is -2.08. The summed E-state index contributed by atoms with van der Waals surface area (Å²) in [6.45, 7) is 4.04. The Morgan fingerprint density at radius 1 is 1.27 bits per heavy atom. The zero-order valence-corrected chi connectivity index (χ0v) is 13.1. The smallest absolute Gasteiger partial charge is 0.291 e. The molecule has 0 bridgehead atoms. The van der Waals surface area contributed by atoms with Gasteiger partial charge in [0.15, 0.2) is 17.3 Å². The lowest BCUT2D eigenvalue weighted by Crippen LogP contribution is -2.12. The van der Waals surface area contributed by atoms with E-state index in [-0.39, 0.29) is 30.9 Å². The van der Waals surface area contributed by atoms with Crippen molar-refractivity contribution in [2.45, 2.75) is 20.3 Å². The fourth-order valence-electron chi connectivity index (χ4n) is 2.23. The summed E-state index contributed by atoms with van der Waals surface area (Å²) >= 11 is 0. The highest BCUT2D eigenvalue weighted by Gasteiger charge is 2.19. The molecular formula is C15H17ClN2O4. The second-order valence-corrected chi connectivity index (χ2v) is 4.82. The predicted molar refractivity (Wildman–Crippen MR) is 85.0 cm³/mol. The number of hydrogen-bond donors (Lipinski definition) is 2. The van der Waals surface area contributed by atoms with Crippen LogP contribution in [0.3, 0.4) is 0 Å². The first-order valence-corrected chi connectivity index (χ1v) is 6.68. The maximum atomic E-state index is 12.2. The molecule has 0 saturated heterocycles. The van der Waals surface area contributed by atoms with Gasteiger partial charge in [0.2, 0.25) is 6.79 Å². The highest BCUT2D eigenvalue weighted by atomic mass is 35.5. The molecule has 0 atom stereocenters. The van der Waals surface area contributed by atoms with E-state index in [2.05, 4.69) is 5.32 Å². The molecule has 1 aromatic heterocycles. The van der Waals surface area contributed by atoms with Crippen LogP contribution >= 0.6 is 12.4 Å². The van der Waals surface area contributed by atoms with E-state index in [1.165, 1.54) is 0 Å². The van der Waals surface area contributed by atoms with Gasteiger partial charge in [0.1, 0.15) is 5.76 Å². The minimum absolute atomic E-state index is 0. The van der Waals surface area contributed by atoms with E-state index in [4.69, 9.17) is 19.6 Å². The molecule has 22 heavy (non-hydrogen) atoms. The molecule has 1 aliphatic heterocycles. The molecule has 3 rings (SSSR count). The van der Waals surface area contributed by atoms with Gasteiger partial charge in [-0.25, -0.2) is 0 Å². The summed E-state index contributed by atoms with van der Waals surface area (Å²) in [5.74, 6) is 1.86. The second-order valence-electron chi connectivity index (χ2n) is 4.82. The number of carbonyl (C=O) groups excluding carboxylic acids is 1. The average molecular weight is 325 g/mol. The summed E-state index contributed by atoms with van der Waals surface area (Å²) in [7, 11) is 0. The summed E-state index contributed by atoms with van der Waals surface area (Å²) in [6.07, 6.45) is 0.741. The first kappa shape index (κ1) is 16.0. The van der Waals surface area contributed by atoms with Crippen LogP contribution < -0.4 is 20.5 Å². The second kappa shape index (κ2) is 6.19. The van der Waals surface area contributed by atoms with E-state index in [0.717, 1.165) is 17.7 Å².